The van der Waals surface area contributed by atoms with Crippen LogP contribution in [0.2, 0.25) is 0 Å². The summed E-state index contributed by atoms with van der Waals surface area (Å²) in [6.45, 7) is 4.95. The van der Waals surface area contributed by atoms with E-state index in [9.17, 15) is 9.90 Å². The number of carbonyl (C=O) groups excluding carboxylic acids is 1. The highest BCUT2D eigenvalue weighted by atomic mass is 32.1. The highest BCUT2D eigenvalue weighted by Gasteiger charge is 2.30. The van der Waals surface area contributed by atoms with Crippen LogP contribution in [0, 0.1) is 12.8 Å². The lowest BCUT2D eigenvalue weighted by Gasteiger charge is -2.34. The zero-order valence-corrected chi connectivity index (χ0v) is 12.9. The number of furan rings is 1. The Morgan fingerprint density at radius 1 is 1.57 bits per heavy atom. The molecule has 1 saturated heterocycles. The summed E-state index contributed by atoms with van der Waals surface area (Å²) in [4.78, 5) is 19.6. The van der Waals surface area contributed by atoms with Crippen LogP contribution in [-0.2, 0) is 0 Å². The molecule has 1 amide bonds. The topological polar surface area (TPSA) is 66.6 Å². The SMILES string of the molecule is Cc1sc(-c2ccco2)nc1C(=O)N1CCC(C)C(O)C1. The van der Waals surface area contributed by atoms with Crippen LogP contribution in [0.3, 0.4) is 0 Å². The number of carbonyl (C=O) groups is 1. The van der Waals surface area contributed by atoms with E-state index in [1.807, 2.05) is 19.9 Å². The van der Waals surface area contributed by atoms with Gasteiger partial charge in [0.1, 0.15) is 5.69 Å². The number of rotatable bonds is 2. The van der Waals surface area contributed by atoms with Crippen LogP contribution >= 0.6 is 11.3 Å². The summed E-state index contributed by atoms with van der Waals surface area (Å²) < 4.78 is 5.33. The van der Waals surface area contributed by atoms with E-state index in [-0.39, 0.29) is 11.8 Å². The molecule has 0 saturated carbocycles. The number of β-amino-alcohol motifs (C(OH)–C–C–N with tert-alkyl or cyclic N) is 1. The number of aryl methyl sites for hydroxylation is 1. The van der Waals surface area contributed by atoms with E-state index in [2.05, 4.69) is 4.98 Å². The molecule has 3 heterocycles. The van der Waals surface area contributed by atoms with Crippen LogP contribution in [0.25, 0.3) is 10.8 Å². The Balaban J connectivity index is 1.82. The van der Waals surface area contributed by atoms with Crippen molar-refractivity contribution in [3.05, 3.63) is 29.0 Å². The Bertz CT molecular complexity index is 635. The van der Waals surface area contributed by atoms with Crippen LogP contribution < -0.4 is 0 Å². The second-order valence-electron chi connectivity index (χ2n) is 5.49. The molecule has 2 aromatic heterocycles. The minimum atomic E-state index is -0.453. The van der Waals surface area contributed by atoms with Gasteiger partial charge in [0.25, 0.3) is 5.91 Å². The van der Waals surface area contributed by atoms with Gasteiger partial charge in [0.15, 0.2) is 10.8 Å². The highest BCUT2D eigenvalue weighted by Crippen LogP contribution is 2.29. The van der Waals surface area contributed by atoms with E-state index in [0.717, 1.165) is 11.3 Å². The van der Waals surface area contributed by atoms with E-state index in [4.69, 9.17) is 4.42 Å². The minimum Gasteiger partial charge on any atom is -0.462 e. The van der Waals surface area contributed by atoms with Crippen molar-refractivity contribution in [3.63, 3.8) is 0 Å². The second kappa shape index (κ2) is 5.61. The number of aromatic nitrogens is 1. The number of thiazole rings is 1. The van der Waals surface area contributed by atoms with Crippen LogP contribution in [0.5, 0.6) is 0 Å². The fraction of sp³-hybridized carbons (Fsp3) is 0.467. The first-order chi connectivity index (χ1) is 10.1. The van der Waals surface area contributed by atoms with Gasteiger partial charge in [-0.3, -0.25) is 4.79 Å². The molecule has 2 atom stereocenters. The Morgan fingerprint density at radius 2 is 2.38 bits per heavy atom. The van der Waals surface area contributed by atoms with E-state index in [1.54, 1.807) is 17.2 Å². The first-order valence-electron chi connectivity index (χ1n) is 7.05. The largest absolute Gasteiger partial charge is 0.462 e. The van der Waals surface area contributed by atoms with Gasteiger partial charge in [-0.25, -0.2) is 4.98 Å². The van der Waals surface area contributed by atoms with Gasteiger partial charge in [0.05, 0.1) is 12.4 Å². The molecule has 6 heteroatoms. The fourth-order valence-electron chi connectivity index (χ4n) is 2.48. The van der Waals surface area contributed by atoms with Crippen molar-refractivity contribution in [2.24, 2.45) is 5.92 Å². The number of aliphatic hydroxyl groups excluding tert-OH is 1. The maximum absolute atomic E-state index is 12.6. The Kier molecular flexibility index (Phi) is 3.82. The molecule has 0 radical (unpaired) electrons. The standard InChI is InChI=1S/C15H18N2O3S/c1-9-5-6-17(8-11(9)18)15(19)13-10(2)21-14(16-13)12-4-3-7-20-12/h3-4,7,9,11,18H,5-6,8H2,1-2H3. The summed E-state index contributed by atoms with van der Waals surface area (Å²) in [6, 6.07) is 3.63. The van der Waals surface area contributed by atoms with Crippen molar-refractivity contribution in [1.29, 1.82) is 0 Å². The van der Waals surface area contributed by atoms with Crippen LogP contribution in [0.4, 0.5) is 0 Å². The summed E-state index contributed by atoms with van der Waals surface area (Å²) in [5.41, 5.74) is 0.466. The number of hydrogen-bond acceptors (Lipinski definition) is 5. The number of nitrogens with zero attached hydrogens (tertiary/aromatic N) is 2. The van der Waals surface area contributed by atoms with Crippen LogP contribution in [-0.4, -0.2) is 40.1 Å². The minimum absolute atomic E-state index is 0.104. The van der Waals surface area contributed by atoms with Gasteiger partial charge in [0.2, 0.25) is 0 Å². The van der Waals surface area contributed by atoms with Gasteiger partial charge >= 0.3 is 0 Å². The smallest absolute Gasteiger partial charge is 0.273 e. The third kappa shape index (κ3) is 2.73. The monoisotopic (exact) mass is 306 g/mol. The predicted octanol–water partition coefficient (Wildman–Crippen LogP) is 2.55. The maximum atomic E-state index is 12.6. The number of likely N-dealkylation sites (tertiary alicyclic amines) is 1. The average molecular weight is 306 g/mol. The molecule has 112 valence electrons. The number of piperidine rings is 1. The molecule has 1 aliphatic rings. The molecule has 0 aromatic carbocycles. The van der Waals surface area contributed by atoms with Gasteiger partial charge < -0.3 is 14.4 Å². The summed E-state index contributed by atoms with van der Waals surface area (Å²) >= 11 is 1.45. The zero-order chi connectivity index (χ0) is 15.0. The molecule has 21 heavy (non-hydrogen) atoms. The van der Waals surface area contributed by atoms with Crippen molar-refractivity contribution in [2.45, 2.75) is 26.4 Å². The fourth-order valence-corrected chi connectivity index (χ4v) is 3.36. The van der Waals surface area contributed by atoms with Crippen LogP contribution in [0.1, 0.15) is 28.7 Å². The van der Waals surface area contributed by atoms with Gasteiger partial charge in [-0.05, 0) is 31.4 Å². The van der Waals surface area contributed by atoms with Gasteiger partial charge in [-0.15, -0.1) is 11.3 Å². The normalized spacial score (nSPS) is 22.5. The van der Waals surface area contributed by atoms with Crippen molar-refractivity contribution < 1.29 is 14.3 Å². The van der Waals surface area contributed by atoms with Crippen molar-refractivity contribution in [1.82, 2.24) is 9.88 Å². The molecular weight excluding hydrogens is 288 g/mol. The number of amides is 1. The molecule has 3 rings (SSSR count). The molecular formula is C15H18N2O3S. The van der Waals surface area contributed by atoms with Crippen molar-refractivity contribution >= 4 is 17.2 Å². The molecule has 0 aliphatic carbocycles. The third-order valence-electron chi connectivity index (χ3n) is 3.94. The van der Waals surface area contributed by atoms with Gasteiger partial charge in [-0.2, -0.15) is 0 Å². The quantitative estimate of drug-likeness (QED) is 0.926. The van der Waals surface area contributed by atoms with E-state index in [1.165, 1.54) is 11.3 Å². The summed E-state index contributed by atoms with van der Waals surface area (Å²) in [5.74, 6) is 0.811. The molecule has 0 spiro atoms. The predicted molar refractivity (Wildman–Crippen MR) is 80.2 cm³/mol. The van der Waals surface area contributed by atoms with Crippen molar-refractivity contribution in [2.75, 3.05) is 13.1 Å². The lowest BCUT2D eigenvalue weighted by Crippen LogP contribution is -2.46. The summed E-state index contributed by atoms with van der Waals surface area (Å²) in [5, 5.41) is 10.7. The molecule has 5 nitrogen and oxygen atoms in total. The van der Waals surface area contributed by atoms with E-state index in [0.29, 0.717) is 29.6 Å². The average Bonchev–Trinajstić information content (AvgIpc) is 3.10. The van der Waals surface area contributed by atoms with Crippen molar-refractivity contribution in [3.8, 4) is 10.8 Å². The number of aliphatic hydroxyl groups is 1. The van der Waals surface area contributed by atoms with E-state index < -0.39 is 6.10 Å². The molecule has 1 aliphatic heterocycles. The number of hydrogen-bond donors (Lipinski definition) is 1. The van der Waals surface area contributed by atoms with Gasteiger partial charge in [-0.1, -0.05) is 6.92 Å². The first-order valence-corrected chi connectivity index (χ1v) is 7.86. The zero-order valence-electron chi connectivity index (χ0n) is 12.1. The molecule has 0 bridgehead atoms. The summed E-state index contributed by atoms with van der Waals surface area (Å²) in [7, 11) is 0. The summed E-state index contributed by atoms with van der Waals surface area (Å²) in [6.07, 6.45) is 1.96. The third-order valence-corrected chi connectivity index (χ3v) is 4.92. The lowest BCUT2D eigenvalue weighted by atomic mass is 9.96. The van der Waals surface area contributed by atoms with E-state index >= 15 is 0 Å². The Hall–Kier alpha value is -1.66. The lowest BCUT2D eigenvalue weighted by molar-refractivity contribution is 0.0245. The molecule has 1 N–H and O–H groups in total. The Labute approximate surface area is 127 Å². The molecule has 2 aromatic rings. The van der Waals surface area contributed by atoms with Crippen LogP contribution in [0.15, 0.2) is 22.8 Å². The second-order valence-corrected chi connectivity index (χ2v) is 6.69. The maximum Gasteiger partial charge on any atom is 0.273 e. The molecule has 1 fully saturated rings. The Morgan fingerprint density at radius 3 is 3.05 bits per heavy atom. The first kappa shape index (κ1) is 14.3. The molecule has 2 unspecified atom stereocenters. The highest BCUT2D eigenvalue weighted by molar-refractivity contribution is 7.15. The van der Waals surface area contributed by atoms with Gasteiger partial charge in [0, 0.05) is 18.0 Å².